The van der Waals surface area contributed by atoms with Crippen molar-refractivity contribution in [2.24, 2.45) is 11.3 Å². The SMILES string of the molecule is CCOP(=O)(/C=C/C(C)/C=C/C1=C(C)CCCC1(C)C)OCC. The molecule has 1 rings (SSSR count). The molecule has 0 saturated carbocycles. The molecule has 0 aromatic heterocycles. The van der Waals surface area contributed by atoms with Crippen molar-refractivity contribution in [2.75, 3.05) is 13.2 Å². The fourth-order valence-corrected chi connectivity index (χ4v) is 4.50. The van der Waals surface area contributed by atoms with Crippen LogP contribution in [0.4, 0.5) is 0 Å². The molecule has 0 aromatic carbocycles. The second-order valence-electron chi connectivity index (χ2n) is 6.87. The van der Waals surface area contributed by atoms with Crippen molar-refractivity contribution in [3.63, 3.8) is 0 Å². The van der Waals surface area contributed by atoms with E-state index in [0.29, 0.717) is 13.2 Å². The number of rotatable bonds is 8. The molecule has 0 spiro atoms. The molecule has 4 heteroatoms. The molecule has 0 aromatic rings. The summed E-state index contributed by atoms with van der Waals surface area (Å²) >= 11 is 0. The van der Waals surface area contributed by atoms with Gasteiger partial charge >= 0.3 is 7.60 Å². The van der Waals surface area contributed by atoms with Crippen molar-refractivity contribution >= 4 is 7.60 Å². The van der Waals surface area contributed by atoms with Crippen LogP contribution in [-0.2, 0) is 13.6 Å². The summed E-state index contributed by atoms with van der Waals surface area (Å²) in [7, 11) is -3.09. The molecule has 0 saturated heterocycles. The molecule has 0 bridgehead atoms. The molecule has 1 aliphatic rings. The lowest BCUT2D eigenvalue weighted by molar-refractivity contribution is 0.229. The predicted molar refractivity (Wildman–Crippen MR) is 98.6 cm³/mol. The first-order chi connectivity index (χ1) is 10.7. The van der Waals surface area contributed by atoms with Gasteiger partial charge in [0.15, 0.2) is 0 Å². The third kappa shape index (κ3) is 6.41. The highest BCUT2D eigenvalue weighted by Gasteiger charge is 2.26. The molecule has 0 fully saturated rings. The van der Waals surface area contributed by atoms with Gasteiger partial charge < -0.3 is 9.05 Å². The Morgan fingerprint density at radius 2 is 1.83 bits per heavy atom. The number of allylic oxidation sites excluding steroid dienone is 5. The molecule has 1 atom stereocenters. The first-order valence-corrected chi connectivity index (χ1v) is 10.3. The summed E-state index contributed by atoms with van der Waals surface area (Å²) in [4.78, 5) is 0. The van der Waals surface area contributed by atoms with Crippen molar-refractivity contribution in [3.05, 3.63) is 35.2 Å². The van der Waals surface area contributed by atoms with Crippen LogP contribution in [0.5, 0.6) is 0 Å². The smallest absolute Gasteiger partial charge is 0.306 e. The average molecular weight is 340 g/mol. The Morgan fingerprint density at radius 3 is 2.35 bits per heavy atom. The maximum Gasteiger partial charge on any atom is 0.353 e. The third-order valence-electron chi connectivity index (χ3n) is 4.30. The highest BCUT2D eigenvalue weighted by molar-refractivity contribution is 7.57. The third-order valence-corrected chi connectivity index (χ3v) is 6.07. The second-order valence-corrected chi connectivity index (χ2v) is 8.76. The van der Waals surface area contributed by atoms with E-state index in [9.17, 15) is 4.57 Å². The summed E-state index contributed by atoms with van der Waals surface area (Å²) in [5.74, 6) is 1.78. The fourth-order valence-electron chi connectivity index (χ4n) is 3.05. The Hall–Kier alpha value is -0.630. The highest BCUT2D eigenvalue weighted by atomic mass is 31.2. The Balaban J connectivity index is 2.80. The summed E-state index contributed by atoms with van der Waals surface area (Å²) in [6.07, 6.45) is 10.0. The van der Waals surface area contributed by atoms with Crippen LogP contribution in [0, 0.1) is 11.3 Å². The van der Waals surface area contributed by atoms with Gasteiger partial charge in [0.05, 0.1) is 13.2 Å². The Morgan fingerprint density at radius 1 is 1.22 bits per heavy atom. The van der Waals surface area contributed by atoms with Gasteiger partial charge in [-0.3, -0.25) is 4.57 Å². The van der Waals surface area contributed by atoms with Gasteiger partial charge in [0.2, 0.25) is 0 Å². The van der Waals surface area contributed by atoms with E-state index in [1.807, 2.05) is 19.9 Å². The predicted octanol–water partition coefficient (Wildman–Crippen LogP) is 6.49. The zero-order chi connectivity index (χ0) is 17.5. The molecule has 3 nitrogen and oxygen atoms in total. The van der Waals surface area contributed by atoms with Gasteiger partial charge in [-0.2, -0.15) is 0 Å². The van der Waals surface area contributed by atoms with Gasteiger partial charge in [0, 0.05) is 5.82 Å². The second kappa shape index (κ2) is 9.01. The molecule has 0 aliphatic heterocycles. The molecule has 0 N–H and O–H groups in total. The fraction of sp³-hybridized carbons (Fsp3) is 0.684. The van der Waals surface area contributed by atoms with Crippen molar-refractivity contribution in [1.29, 1.82) is 0 Å². The molecule has 0 amide bonds. The van der Waals surface area contributed by atoms with E-state index in [-0.39, 0.29) is 11.3 Å². The summed E-state index contributed by atoms with van der Waals surface area (Å²) < 4.78 is 23.0. The van der Waals surface area contributed by atoms with Crippen LogP contribution in [0.15, 0.2) is 35.2 Å². The maximum atomic E-state index is 12.4. The van der Waals surface area contributed by atoms with Crippen molar-refractivity contribution in [1.82, 2.24) is 0 Å². The summed E-state index contributed by atoms with van der Waals surface area (Å²) in [5, 5.41) is 0. The largest absolute Gasteiger partial charge is 0.353 e. The number of hydrogen-bond acceptors (Lipinski definition) is 3. The lowest BCUT2D eigenvalue weighted by atomic mass is 9.72. The van der Waals surface area contributed by atoms with E-state index >= 15 is 0 Å². The maximum absolute atomic E-state index is 12.4. The van der Waals surface area contributed by atoms with Crippen LogP contribution < -0.4 is 0 Å². The minimum atomic E-state index is -3.09. The lowest BCUT2D eigenvalue weighted by Crippen LogP contribution is -2.19. The summed E-state index contributed by atoms with van der Waals surface area (Å²) in [6, 6.07) is 0. The molecular weight excluding hydrogens is 307 g/mol. The quantitative estimate of drug-likeness (QED) is 0.474. The van der Waals surface area contributed by atoms with Gasteiger partial charge in [-0.05, 0) is 56.9 Å². The van der Waals surface area contributed by atoms with Crippen molar-refractivity contribution in [3.8, 4) is 0 Å². The molecule has 0 heterocycles. The van der Waals surface area contributed by atoms with Crippen molar-refractivity contribution < 1.29 is 13.6 Å². The van der Waals surface area contributed by atoms with E-state index in [1.165, 1.54) is 30.4 Å². The Kier molecular flexibility index (Phi) is 8.00. The minimum Gasteiger partial charge on any atom is -0.306 e. The summed E-state index contributed by atoms with van der Waals surface area (Å²) in [5.41, 5.74) is 3.18. The van der Waals surface area contributed by atoms with Gasteiger partial charge in [0.25, 0.3) is 0 Å². The van der Waals surface area contributed by atoms with Gasteiger partial charge in [-0.25, -0.2) is 0 Å². The molecule has 1 unspecified atom stereocenters. The van der Waals surface area contributed by atoms with E-state index in [1.54, 1.807) is 5.82 Å². The van der Waals surface area contributed by atoms with E-state index in [2.05, 4.69) is 39.8 Å². The zero-order valence-corrected chi connectivity index (χ0v) is 16.5. The minimum absolute atomic E-state index is 0.183. The van der Waals surface area contributed by atoms with Crippen LogP contribution in [0.25, 0.3) is 0 Å². The Bertz CT molecular complexity index is 505. The summed E-state index contributed by atoms with van der Waals surface area (Å²) in [6.45, 7) is 13.4. The van der Waals surface area contributed by atoms with Crippen LogP contribution in [0.3, 0.4) is 0 Å². The topological polar surface area (TPSA) is 35.5 Å². The molecule has 132 valence electrons. The standard InChI is InChI=1S/C19H33O3P/c1-7-21-23(20,22-8-2)15-13-16(3)11-12-18-17(4)10-9-14-19(18,5)6/h11-13,15-16H,7-10,14H2,1-6H3/b12-11+,15-13+. The van der Waals surface area contributed by atoms with Crippen molar-refractivity contribution in [2.45, 2.75) is 60.8 Å². The first-order valence-electron chi connectivity index (χ1n) is 8.70. The number of hydrogen-bond donors (Lipinski definition) is 0. The normalized spacial score (nSPS) is 20.6. The van der Waals surface area contributed by atoms with Gasteiger partial charge in [-0.15, -0.1) is 0 Å². The highest BCUT2D eigenvalue weighted by Crippen LogP contribution is 2.49. The molecular formula is C19H33O3P. The molecule has 0 radical (unpaired) electrons. The van der Waals surface area contributed by atoms with E-state index < -0.39 is 7.60 Å². The van der Waals surface area contributed by atoms with Crippen LogP contribution in [-0.4, -0.2) is 13.2 Å². The zero-order valence-electron chi connectivity index (χ0n) is 15.6. The molecule has 1 aliphatic carbocycles. The average Bonchev–Trinajstić information content (AvgIpc) is 2.44. The van der Waals surface area contributed by atoms with E-state index in [4.69, 9.17) is 9.05 Å². The van der Waals surface area contributed by atoms with Crippen LogP contribution in [0.1, 0.15) is 60.8 Å². The van der Waals surface area contributed by atoms with Gasteiger partial charge in [-0.1, -0.05) is 44.6 Å². The molecule has 23 heavy (non-hydrogen) atoms. The Labute approximate surface area is 142 Å². The monoisotopic (exact) mass is 340 g/mol. The van der Waals surface area contributed by atoms with E-state index in [0.717, 1.165) is 0 Å². The van der Waals surface area contributed by atoms with Crippen LogP contribution >= 0.6 is 7.60 Å². The van der Waals surface area contributed by atoms with Crippen LogP contribution in [0.2, 0.25) is 0 Å². The lowest BCUT2D eigenvalue weighted by Gasteiger charge is -2.33. The first kappa shape index (κ1) is 20.4. The van der Waals surface area contributed by atoms with Gasteiger partial charge in [0.1, 0.15) is 0 Å².